The first-order valence-corrected chi connectivity index (χ1v) is 7.90. The third kappa shape index (κ3) is 5.48. The number of likely N-dealkylation sites (tertiary alicyclic amines) is 1. The molecule has 0 amide bonds. The van der Waals surface area contributed by atoms with E-state index in [9.17, 15) is 4.79 Å². The summed E-state index contributed by atoms with van der Waals surface area (Å²) in [5, 5.41) is 12.3. The summed E-state index contributed by atoms with van der Waals surface area (Å²) >= 11 is 0. The Bertz CT molecular complexity index is 437. The molecule has 2 N–H and O–H groups in total. The average Bonchev–Trinajstić information content (AvgIpc) is 2.49. The molecule has 4 nitrogen and oxygen atoms in total. The molecule has 0 bridgehead atoms. The van der Waals surface area contributed by atoms with E-state index in [-0.39, 0.29) is 6.42 Å². The van der Waals surface area contributed by atoms with E-state index in [0.717, 1.165) is 24.6 Å². The first kappa shape index (κ1) is 16.0. The number of piperidine rings is 1. The van der Waals surface area contributed by atoms with Gasteiger partial charge in [0.05, 0.1) is 6.42 Å². The van der Waals surface area contributed by atoms with Crippen molar-refractivity contribution in [1.82, 2.24) is 10.2 Å². The topological polar surface area (TPSA) is 52.6 Å². The molecule has 1 saturated heterocycles. The van der Waals surface area contributed by atoms with Gasteiger partial charge in [0.15, 0.2) is 0 Å². The van der Waals surface area contributed by atoms with Gasteiger partial charge < -0.3 is 15.3 Å². The van der Waals surface area contributed by atoms with Crippen LogP contribution < -0.4 is 5.32 Å². The molecule has 0 saturated carbocycles. The first-order valence-electron chi connectivity index (χ1n) is 7.90. The Labute approximate surface area is 127 Å². The van der Waals surface area contributed by atoms with Gasteiger partial charge in [0.1, 0.15) is 0 Å². The maximum atomic E-state index is 10.6. The van der Waals surface area contributed by atoms with E-state index >= 15 is 0 Å². The lowest BCUT2D eigenvalue weighted by Gasteiger charge is -2.31. The molecular weight excluding hydrogens is 264 g/mol. The molecule has 2 rings (SSSR count). The van der Waals surface area contributed by atoms with Crippen molar-refractivity contribution in [3.63, 3.8) is 0 Å². The molecule has 0 radical (unpaired) electrons. The highest BCUT2D eigenvalue weighted by molar-refractivity contribution is 5.70. The molecule has 1 aliphatic rings. The van der Waals surface area contributed by atoms with Crippen LogP contribution in [0, 0.1) is 5.92 Å². The maximum absolute atomic E-state index is 10.6. The third-order valence-corrected chi connectivity index (χ3v) is 4.29. The summed E-state index contributed by atoms with van der Waals surface area (Å²) in [7, 11) is 0. The summed E-state index contributed by atoms with van der Waals surface area (Å²) in [5.41, 5.74) is 2.08. The molecule has 4 heteroatoms. The maximum Gasteiger partial charge on any atom is 0.307 e. The van der Waals surface area contributed by atoms with Crippen molar-refractivity contribution in [2.24, 2.45) is 5.92 Å². The van der Waals surface area contributed by atoms with Gasteiger partial charge in [-0.2, -0.15) is 0 Å². The highest BCUT2D eigenvalue weighted by atomic mass is 16.4. The van der Waals surface area contributed by atoms with Crippen molar-refractivity contribution in [2.45, 2.75) is 32.7 Å². The van der Waals surface area contributed by atoms with Crippen LogP contribution in [0.3, 0.4) is 0 Å². The Kier molecular flexibility index (Phi) is 6.21. The van der Waals surface area contributed by atoms with Crippen molar-refractivity contribution in [1.29, 1.82) is 0 Å². The summed E-state index contributed by atoms with van der Waals surface area (Å²) < 4.78 is 0. The fourth-order valence-corrected chi connectivity index (χ4v) is 2.88. The molecule has 116 valence electrons. The van der Waals surface area contributed by atoms with Gasteiger partial charge in [0.25, 0.3) is 0 Å². The fourth-order valence-electron chi connectivity index (χ4n) is 2.88. The SMILES string of the molecule is CCN1CCC(CNCc2ccc(CC(=O)O)cc2)CC1. The van der Waals surface area contributed by atoms with Crippen molar-refractivity contribution in [3.8, 4) is 0 Å². The number of nitrogens with one attached hydrogen (secondary N) is 1. The van der Waals surface area contributed by atoms with Gasteiger partial charge in [-0.25, -0.2) is 0 Å². The molecular formula is C17H26N2O2. The number of hydrogen-bond donors (Lipinski definition) is 2. The number of carbonyl (C=O) groups is 1. The van der Waals surface area contributed by atoms with E-state index in [1.165, 1.54) is 38.0 Å². The Balaban J connectivity index is 1.68. The van der Waals surface area contributed by atoms with Crippen molar-refractivity contribution >= 4 is 5.97 Å². The summed E-state index contributed by atoms with van der Waals surface area (Å²) in [5.74, 6) is 0.0124. The van der Waals surface area contributed by atoms with Crippen molar-refractivity contribution < 1.29 is 9.90 Å². The normalized spacial score (nSPS) is 17.0. The summed E-state index contributed by atoms with van der Waals surface area (Å²) in [4.78, 5) is 13.1. The Morgan fingerprint density at radius 1 is 1.24 bits per heavy atom. The number of benzene rings is 1. The largest absolute Gasteiger partial charge is 0.481 e. The molecule has 21 heavy (non-hydrogen) atoms. The minimum Gasteiger partial charge on any atom is -0.481 e. The zero-order valence-electron chi connectivity index (χ0n) is 12.8. The van der Waals surface area contributed by atoms with E-state index in [4.69, 9.17) is 5.11 Å². The highest BCUT2D eigenvalue weighted by Crippen LogP contribution is 2.16. The molecule has 0 aliphatic carbocycles. The van der Waals surface area contributed by atoms with Gasteiger partial charge in [0.2, 0.25) is 0 Å². The molecule has 0 spiro atoms. The first-order chi connectivity index (χ1) is 10.2. The zero-order chi connectivity index (χ0) is 15.1. The number of aliphatic carboxylic acids is 1. The highest BCUT2D eigenvalue weighted by Gasteiger charge is 2.17. The van der Waals surface area contributed by atoms with Gasteiger partial charge in [-0.3, -0.25) is 4.79 Å². The smallest absolute Gasteiger partial charge is 0.307 e. The predicted octanol–water partition coefficient (Wildman–Crippen LogP) is 2.14. The molecule has 0 aromatic heterocycles. The Morgan fingerprint density at radius 2 is 1.86 bits per heavy atom. The third-order valence-electron chi connectivity index (χ3n) is 4.29. The lowest BCUT2D eigenvalue weighted by Crippen LogP contribution is -2.36. The van der Waals surface area contributed by atoms with E-state index in [1.807, 2.05) is 24.3 Å². The Morgan fingerprint density at radius 3 is 2.43 bits per heavy atom. The van der Waals surface area contributed by atoms with Crippen LogP contribution in [0.5, 0.6) is 0 Å². The standard InChI is InChI=1S/C17H26N2O2/c1-2-19-9-7-16(8-10-19)13-18-12-15-5-3-14(4-6-15)11-17(20)21/h3-6,16,18H,2,7-13H2,1H3,(H,20,21). The zero-order valence-corrected chi connectivity index (χ0v) is 12.8. The lowest BCUT2D eigenvalue weighted by molar-refractivity contribution is -0.136. The minimum atomic E-state index is -0.778. The van der Waals surface area contributed by atoms with Gasteiger partial charge >= 0.3 is 5.97 Å². The van der Waals surface area contributed by atoms with Crippen molar-refractivity contribution in [2.75, 3.05) is 26.2 Å². The second kappa shape index (κ2) is 8.15. The van der Waals surface area contributed by atoms with Crippen LogP contribution >= 0.6 is 0 Å². The number of nitrogens with zero attached hydrogens (tertiary/aromatic N) is 1. The lowest BCUT2D eigenvalue weighted by atomic mass is 9.97. The van der Waals surface area contributed by atoms with Gasteiger partial charge in [-0.05, 0) is 56.1 Å². The van der Waals surface area contributed by atoms with Crippen LogP contribution in [-0.4, -0.2) is 42.2 Å². The number of rotatable bonds is 7. The van der Waals surface area contributed by atoms with Crippen LogP contribution in [-0.2, 0) is 17.8 Å². The van der Waals surface area contributed by atoms with Crippen LogP contribution in [0.25, 0.3) is 0 Å². The predicted molar refractivity (Wildman–Crippen MR) is 84.3 cm³/mol. The van der Waals surface area contributed by atoms with Crippen LogP contribution in [0.1, 0.15) is 30.9 Å². The van der Waals surface area contributed by atoms with Crippen LogP contribution in [0.4, 0.5) is 0 Å². The van der Waals surface area contributed by atoms with Crippen LogP contribution in [0.2, 0.25) is 0 Å². The van der Waals surface area contributed by atoms with Gasteiger partial charge in [-0.1, -0.05) is 31.2 Å². The molecule has 1 aromatic rings. The second-order valence-electron chi connectivity index (χ2n) is 5.90. The number of carboxylic acid groups (broad SMARTS) is 1. The van der Waals surface area contributed by atoms with Gasteiger partial charge in [0, 0.05) is 6.54 Å². The van der Waals surface area contributed by atoms with E-state index in [1.54, 1.807) is 0 Å². The summed E-state index contributed by atoms with van der Waals surface area (Å²) in [6.45, 7) is 7.80. The van der Waals surface area contributed by atoms with Crippen LogP contribution in [0.15, 0.2) is 24.3 Å². The van der Waals surface area contributed by atoms with E-state index < -0.39 is 5.97 Å². The molecule has 1 fully saturated rings. The fraction of sp³-hybridized carbons (Fsp3) is 0.588. The molecule has 0 unspecified atom stereocenters. The van der Waals surface area contributed by atoms with Crippen molar-refractivity contribution in [3.05, 3.63) is 35.4 Å². The molecule has 1 aromatic carbocycles. The van der Waals surface area contributed by atoms with E-state index in [2.05, 4.69) is 17.1 Å². The summed E-state index contributed by atoms with van der Waals surface area (Å²) in [6, 6.07) is 7.85. The quantitative estimate of drug-likeness (QED) is 0.808. The summed E-state index contributed by atoms with van der Waals surface area (Å²) in [6.07, 6.45) is 2.68. The number of hydrogen-bond acceptors (Lipinski definition) is 3. The Hall–Kier alpha value is -1.39. The monoisotopic (exact) mass is 290 g/mol. The minimum absolute atomic E-state index is 0.101. The molecule has 1 aliphatic heterocycles. The molecule has 0 atom stereocenters. The molecule has 1 heterocycles. The van der Waals surface area contributed by atoms with Gasteiger partial charge in [-0.15, -0.1) is 0 Å². The van der Waals surface area contributed by atoms with E-state index in [0.29, 0.717) is 0 Å². The average molecular weight is 290 g/mol. The second-order valence-corrected chi connectivity index (χ2v) is 5.90. The number of carboxylic acids is 1.